The smallest absolute Gasteiger partial charge is 0.302 e. The number of hydrogen-bond acceptors (Lipinski definition) is 4. The second-order valence-corrected chi connectivity index (χ2v) is 9.60. The average Bonchev–Trinajstić information content (AvgIpc) is 2.83. The molecule has 25 heavy (non-hydrogen) atoms. The molecule has 0 bridgehead atoms. The Kier molecular flexibility index (Phi) is 3.90. The minimum absolute atomic E-state index is 0.00520. The summed E-state index contributed by atoms with van der Waals surface area (Å²) in [5.74, 6) is 1.87. The van der Waals surface area contributed by atoms with Crippen molar-refractivity contribution in [3.8, 4) is 0 Å². The molecule has 4 fully saturated rings. The number of ether oxygens (including phenoxy) is 1. The summed E-state index contributed by atoms with van der Waals surface area (Å²) in [5.41, 5.74) is -0.202. The second kappa shape index (κ2) is 5.65. The lowest BCUT2D eigenvalue weighted by molar-refractivity contribution is -0.171. The zero-order chi connectivity index (χ0) is 18.0. The largest absolute Gasteiger partial charge is 0.462 e. The molecule has 4 nitrogen and oxygen atoms in total. The molecule has 0 amide bonds. The summed E-state index contributed by atoms with van der Waals surface area (Å²) in [4.78, 5) is 36.8. The van der Waals surface area contributed by atoms with Crippen LogP contribution in [-0.2, 0) is 19.1 Å². The number of rotatable bonds is 1. The zero-order valence-electron chi connectivity index (χ0n) is 15.7. The highest BCUT2D eigenvalue weighted by atomic mass is 16.5. The Morgan fingerprint density at radius 3 is 2.56 bits per heavy atom. The normalized spacial score (nSPS) is 49.2. The molecule has 6 unspecified atom stereocenters. The Morgan fingerprint density at radius 2 is 1.84 bits per heavy atom. The fraction of sp³-hybridized carbons (Fsp3) is 0.857. The molecule has 0 heterocycles. The molecule has 138 valence electrons. The van der Waals surface area contributed by atoms with E-state index in [-0.39, 0.29) is 28.8 Å². The van der Waals surface area contributed by atoms with E-state index in [9.17, 15) is 14.4 Å². The van der Waals surface area contributed by atoms with Gasteiger partial charge in [0.2, 0.25) is 0 Å². The molecular weight excluding hydrogens is 316 g/mol. The van der Waals surface area contributed by atoms with Crippen LogP contribution >= 0.6 is 0 Å². The van der Waals surface area contributed by atoms with Crippen LogP contribution in [0.2, 0.25) is 0 Å². The van der Waals surface area contributed by atoms with Crippen molar-refractivity contribution in [2.24, 2.45) is 34.5 Å². The summed E-state index contributed by atoms with van der Waals surface area (Å²) in [6, 6.07) is 0. The SMILES string of the molecule is CC(=O)OC1CCC2C3CC[C@H]4CC(=O)CCC4(C)C3C(=O)CC12C. The van der Waals surface area contributed by atoms with Crippen molar-refractivity contribution in [3.63, 3.8) is 0 Å². The van der Waals surface area contributed by atoms with Crippen molar-refractivity contribution >= 4 is 17.5 Å². The fourth-order valence-corrected chi connectivity index (χ4v) is 7.21. The predicted molar refractivity (Wildman–Crippen MR) is 92.7 cm³/mol. The van der Waals surface area contributed by atoms with E-state index in [0.717, 1.165) is 32.1 Å². The minimum atomic E-state index is -0.233. The molecule has 0 aromatic carbocycles. The summed E-state index contributed by atoms with van der Waals surface area (Å²) in [6.45, 7) is 5.92. The van der Waals surface area contributed by atoms with Crippen molar-refractivity contribution in [1.82, 2.24) is 0 Å². The molecule has 0 saturated heterocycles. The van der Waals surface area contributed by atoms with Crippen LogP contribution in [0, 0.1) is 34.5 Å². The highest BCUT2D eigenvalue weighted by molar-refractivity contribution is 5.86. The number of hydrogen-bond donors (Lipinski definition) is 0. The summed E-state index contributed by atoms with van der Waals surface area (Å²) >= 11 is 0. The Labute approximate surface area is 150 Å². The molecule has 4 aliphatic rings. The lowest BCUT2D eigenvalue weighted by atomic mass is 9.45. The predicted octanol–water partition coefficient (Wildman–Crippen LogP) is 3.71. The number of carbonyl (C=O) groups excluding carboxylic acids is 3. The number of esters is 1. The van der Waals surface area contributed by atoms with E-state index >= 15 is 0 Å². The molecule has 0 aliphatic heterocycles. The molecule has 7 atom stereocenters. The molecule has 4 heteroatoms. The molecule has 0 N–H and O–H groups in total. The van der Waals surface area contributed by atoms with Gasteiger partial charge < -0.3 is 4.74 Å². The van der Waals surface area contributed by atoms with Gasteiger partial charge >= 0.3 is 5.97 Å². The van der Waals surface area contributed by atoms with Gasteiger partial charge in [0.25, 0.3) is 0 Å². The van der Waals surface area contributed by atoms with Crippen molar-refractivity contribution in [2.45, 2.75) is 78.2 Å². The van der Waals surface area contributed by atoms with Crippen LogP contribution in [0.5, 0.6) is 0 Å². The monoisotopic (exact) mass is 346 g/mol. The zero-order valence-corrected chi connectivity index (χ0v) is 15.7. The van der Waals surface area contributed by atoms with Crippen LogP contribution < -0.4 is 0 Å². The van der Waals surface area contributed by atoms with Gasteiger partial charge in [-0.1, -0.05) is 13.8 Å². The van der Waals surface area contributed by atoms with E-state index in [1.165, 1.54) is 6.92 Å². The minimum Gasteiger partial charge on any atom is -0.462 e. The quantitative estimate of drug-likeness (QED) is 0.679. The summed E-state index contributed by atoms with van der Waals surface area (Å²) in [7, 11) is 0. The summed E-state index contributed by atoms with van der Waals surface area (Å²) < 4.78 is 5.62. The van der Waals surface area contributed by atoms with Crippen LogP contribution in [0.25, 0.3) is 0 Å². The summed E-state index contributed by atoms with van der Waals surface area (Å²) in [6.07, 6.45) is 6.68. The highest BCUT2D eigenvalue weighted by Gasteiger charge is 2.63. The first-order valence-corrected chi connectivity index (χ1v) is 9.97. The van der Waals surface area contributed by atoms with Gasteiger partial charge in [-0.3, -0.25) is 14.4 Å². The van der Waals surface area contributed by atoms with Crippen molar-refractivity contribution < 1.29 is 19.1 Å². The summed E-state index contributed by atoms with van der Waals surface area (Å²) in [5, 5.41) is 0. The maximum absolute atomic E-state index is 13.3. The number of fused-ring (bicyclic) bond motifs is 5. The highest BCUT2D eigenvalue weighted by Crippen LogP contribution is 2.65. The van der Waals surface area contributed by atoms with E-state index in [2.05, 4.69) is 13.8 Å². The molecule has 0 spiro atoms. The lowest BCUT2D eigenvalue weighted by Crippen LogP contribution is -2.58. The third-order valence-corrected chi connectivity index (χ3v) is 8.39. The first-order chi connectivity index (χ1) is 11.8. The first kappa shape index (κ1) is 17.2. The molecule has 0 radical (unpaired) electrons. The van der Waals surface area contributed by atoms with Crippen LogP contribution in [0.1, 0.15) is 72.1 Å². The van der Waals surface area contributed by atoms with Gasteiger partial charge in [0.15, 0.2) is 0 Å². The second-order valence-electron chi connectivity index (χ2n) is 9.60. The molecular formula is C21H30O4. The fourth-order valence-electron chi connectivity index (χ4n) is 7.21. The Morgan fingerprint density at radius 1 is 1.08 bits per heavy atom. The third-order valence-electron chi connectivity index (χ3n) is 8.39. The standard InChI is InChI=1S/C21H30O4/c1-12(22)25-18-7-6-16-15-5-4-13-10-14(23)8-9-20(13,2)19(15)17(24)11-21(16,18)3/h13,15-16,18-19H,4-11H2,1-3H3/t13-,15?,16?,18?,19?,20?,21?/m0/s1. The van der Waals surface area contributed by atoms with Crippen molar-refractivity contribution in [3.05, 3.63) is 0 Å². The van der Waals surface area contributed by atoms with Crippen molar-refractivity contribution in [1.29, 1.82) is 0 Å². The van der Waals surface area contributed by atoms with Gasteiger partial charge in [0.05, 0.1) is 0 Å². The average molecular weight is 346 g/mol. The van der Waals surface area contributed by atoms with Gasteiger partial charge in [-0.05, 0) is 55.3 Å². The number of Topliss-reactive ketones (excluding diaryl/α,β-unsaturated/α-hetero) is 2. The van der Waals surface area contributed by atoms with Crippen LogP contribution in [0.4, 0.5) is 0 Å². The molecule has 4 aliphatic carbocycles. The van der Waals surface area contributed by atoms with E-state index in [1.54, 1.807) is 0 Å². The van der Waals surface area contributed by atoms with Gasteiger partial charge in [-0.2, -0.15) is 0 Å². The van der Waals surface area contributed by atoms with E-state index in [1.807, 2.05) is 0 Å². The maximum Gasteiger partial charge on any atom is 0.302 e. The van der Waals surface area contributed by atoms with Gasteiger partial charge in [0, 0.05) is 37.5 Å². The van der Waals surface area contributed by atoms with Gasteiger partial charge in [0.1, 0.15) is 17.7 Å². The number of ketones is 2. The van der Waals surface area contributed by atoms with Crippen molar-refractivity contribution in [2.75, 3.05) is 0 Å². The van der Waals surface area contributed by atoms with Gasteiger partial charge in [-0.25, -0.2) is 0 Å². The molecule has 4 saturated carbocycles. The van der Waals surface area contributed by atoms with E-state index < -0.39 is 0 Å². The Hall–Kier alpha value is -1.19. The van der Waals surface area contributed by atoms with Crippen LogP contribution in [0.15, 0.2) is 0 Å². The molecule has 0 aromatic heterocycles. The van der Waals surface area contributed by atoms with Gasteiger partial charge in [-0.15, -0.1) is 0 Å². The number of carbonyl (C=O) groups is 3. The lowest BCUT2D eigenvalue weighted by Gasteiger charge is -2.58. The van der Waals surface area contributed by atoms with Crippen LogP contribution in [-0.4, -0.2) is 23.6 Å². The van der Waals surface area contributed by atoms with E-state index in [0.29, 0.717) is 48.6 Å². The Balaban J connectivity index is 1.65. The molecule has 0 aromatic rings. The first-order valence-electron chi connectivity index (χ1n) is 9.97. The maximum atomic E-state index is 13.3. The van der Waals surface area contributed by atoms with Crippen LogP contribution in [0.3, 0.4) is 0 Å². The third kappa shape index (κ3) is 2.43. The topological polar surface area (TPSA) is 60.4 Å². The Bertz CT molecular complexity index is 625. The molecule has 4 rings (SSSR count). The van der Waals surface area contributed by atoms with E-state index in [4.69, 9.17) is 4.74 Å².